The third kappa shape index (κ3) is 1.92. The van der Waals surface area contributed by atoms with Gasteiger partial charge in [-0.05, 0) is 33.0 Å². The molecule has 2 nitrogen and oxygen atoms in total. The highest BCUT2D eigenvalue weighted by Gasteiger charge is 2.40. The van der Waals surface area contributed by atoms with Gasteiger partial charge in [0.1, 0.15) is 11.4 Å². The summed E-state index contributed by atoms with van der Waals surface area (Å²) in [5, 5.41) is 9.72. The maximum Gasteiger partial charge on any atom is 0.140 e. The molecule has 0 radical (unpaired) electrons. The van der Waals surface area contributed by atoms with Crippen LogP contribution in [0.3, 0.4) is 0 Å². The van der Waals surface area contributed by atoms with Crippen molar-refractivity contribution in [3.63, 3.8) is 0 Å². The van der Waals surface area contributed by atoms with Crippen molar-refractivity contribution in [1.29, 1.82) is 0 Å². The summed E-state index contributed by atoms with van der Waals surface area (Å²) in [5.41, 5.74) is -1.04. The van der Waals surface area contributed by atoms with E-state index < -0.39 is 5.67 Å². The lowest BCUT2D eigenvalue weighted by Gasteiger charge is -2.28. The second-order valence-electron chi connectivity index (χ2n) is 4.84. The van der Waals surface area contributed by atoms with Crippen molar-refractivity contribution in [3.8, 4) is 5.75 Å². The summed E-state index contributed by atoms with van der Waals surface area (Å²) < 4.78 is 14.8. The molecule has 1 heterocycles. The Balaban J connectivity index is 2.28. The van der Waals surface area contributed by atoms with Gasteiger partial charge in [0.2, 0.25) is 0 Å². The first kappa shape index (κ1) is 11.4. The van der Waals surface area contributed by atoms with Crippen LogP contribution in [0.15, 0.2) is 24.3 Å². The van der Waals surface area contributed by atoms with Crippen LogP contribution >= 0.6 is 0 Å². The zero-order chi connectivity index (χ0) is 11.8. The number of phenolic OH excluding ortho intramolecular Hbond substituents is 1. The molecule has 1 aliphatic heterocycles. The number of alkyl halides is 1. The Hall–Kier alpha value is -1.09. The standard InChI is InChI=1S/C13H18FNO/c1-13(14,10-7-8-15(2)9-10)11-5-3-4-6-12(11)16/h3-6,10,16H,7-9H2,1-2H3. The SMILES string of the molecule is CN1CCC(C(C)(F)c2ccccc2O)C1. The normalized spacial score (nSPS) is 25.6. The van der Waals surface area contributed by atoms with Crippen LogP contribution in [0.4, 0.5) is 4.39 Å². The number of hydrogen-bond acceptors (Lipinski definition) is 2. The van der Waals surface area contributed by atoms with E-state index in [2.05, 4.69) is 4.90 Å². The Morgan fingerprint density at radius 1 is 1.44 bits per heavy atom. The van der Waals surface area contributed by atoms with E-state index in [4.69, 9.17) is 0 Å². The second kappa shape index (κ2) is 4.06. The van der Waals surface area contributed by atoms with Crippen LogP contribution in [0.2, 0.25) is 0 Å². The average molecular weight is 223 g/mol. The molecular formula is C13H18FNO. The summed E-state index contributed by atoms with van der Waals surface area (Å²) in [5.74, 6) is 0.0212. The van der Waals surface area contributed by atoms with Crippen molar-refractivity contribution in [1.82, 2.24) is 4.90 Å². The minimum Gasteiger partial charge on any atom is -0.508 e. The largest absolute Gasteiger partial charge is 0.508 e. The molecule has 1 saturated heterocycles. The van der Waals surface area contributed by atoms with Crippen LogP contribution in [0.1, 0.15) is 18.9 Å². The maximum atomic E-state index is 14.8. The second-order valence-corrected chi connectivity index (χ2v) is 4.84. The first-order chi connectivity index (χ1) is 7.51. The molecule has 88 valence electrons. The number of nitrogens with zero attached hydrogens (tertiary/aromatic N) is 1. The lowest BCUT2D eigenvalue weighted by molar-refractivity contribution is 0.102. The van der Waals surface area contributed by atoms with Gasteiger partial charge in [0.25, 0.3) is 0 Å². The molecule has 1 aromatic rings. The molecule has 0 saturated carbocycles. The Bertz CT molecular complexity index is 378. The molecule has 1 N–H and O–H groups in total. The van der Waals surface area contributed by atoms with Gasteiger partial charge in [0, 0.05) is 18.0 Å². The predicted octanol–water partition coefficient (Wildman–Crippen LogP) is 2.53. The van der Waals surface area contributed by atoms with Gasteiger partial charge in [-0.25, -0.2) is 4.39 Å². The monoisotopic (exact) mass is 223 g/mol. The smallest absolute Gasteiger partial charge is 0.140 e. The fraction of sp³-hybridized carbons (Fsp3) is 0.538. The number of aromatic hydroxyl groups is 1. The van der Waals surface area contributed by atoms with Crippen molar-refractivity contribution in [2.45, 2.75) is 19.0 Å². The summed E-state index contributed by atoms with van der Waals surface area (Å²) in [6, 6.07) is 6.71. The number of halogens is 1. The molecule has 2 rings (SSSR count). The number of phenols is 1. The summed E-state index contributed by atoms with van der Waals surface area (Å²) in [6.45, 7) is 3.25. The van der Waals surface area contributed by atoms with Crippen LogP contribution in [-0.2, 0) is 5.67 Å². The van der Waals surface area contributed by atoms with Gasteiger partial charge in [0.15, 0.2) is 0 Å². The molecule has 1 fully saturated rings. The molecule has 0 bridgehead atoms. The number of benzene rings is 1. The molecule has 0 aromatic heterocycles. The van der Waals surface area contributed by atoms with Crippen LogP contribution < -0.4 is 0 Å². The lowest BCUT2D eigenvalue weighted by Crippen LogP contribution is -2.29. The van der Waals surface area contributed by atoms with Crippen molar-refractivity contribution < 1.29 is 9.50 Å². The van der Waals surface area contributed by atoms with E-state index in [1.807, 2.05) is 7.05 Å². The highest BCUT2D eigenvalue weighted by molar-refractivity contribution is 5.37. The van der Waals surface area contributed by atoms with Crippen LogP contribution in [0.25, 0.3) is 0 Å². The van der Waals surface area contributed by atoms with E-state index in [9.17, 15) is 9.50 Å². The molecule has 3 heteroatoms. The summed E-state index contributed by atoms with van der Waals surface area (Å²) in [7, 11) is 2.00. The third-order valence-electron chi connectivity index (χ3n) is 3.59. The predicted molar refractivity (Wildman–Crippen MR) is 62.2 cm³/mol. The highest BCUT2D eigenvalue weighted by Crippen LogP contribution is 2.42. The van der Waals surface area contributed by atoms with Gasteiger partial charge >= 0.3 is 0 Å². The fourth-order valence-corrected chi connectivity index (χ4v) is 2.48. The molecule has 1 aromatic carbocycles. The number of rotatable bonds is 2. The summed E-state index contributed by atoms with van der Waals surface area (Å²) in [6.07, 6.45) is 0.845. The van der Waals surface area contributed by atoms with Crippen molar-refractivity contribution >= 4 is 0 Å². The Morgan fingerprint density at radius 2 is 2.12 bits per heavy atom. The number of hydrogen-bond donors (Lipinski definition) is 1. The summed E-state index contributed by atoms with van der Waals surface area (Å²) >= 11 is 0. The van der Waals surface area contributed by atoms with E-state index in [1.165, 1.54) is 0 Å². The van der Waals surface area contributed by atoms with Crippen LogP contribution in [0, 0.1) is 5.92 Å². The van der Waals surface area contributed by atoms with E-state index in [1.54, 1.807) is 31.2 Å². The molecule has 2 atom stereocenters. The average Bonchev–Trinajstić information content (AvgIpc) is 2.66. The quantitative estimate of drug-likeness (QED) is 0.832. The minimum atomic E-state index is -1.45. The van der Waals surface area contributed by atoms with Gasteiger partial charge in [-0.1, -0.05) is 18.2 Å². The topological polar surface area (TPSA) is 23.5 Å². The highest BCUT2D eigenvalue weighted by atomic mass is 19.1. The zero-order valence-electron chi connectivity index (χ0n) is 9.78. The maximum absolute atomic E-state index is 14.8. The molecule has 0 amide bonds. The number of para-hydroxylation sites is 1. The van der Waals surface area contributed by atoms with Crippen LogP contribution in [0.5, 0.6) is 5.75 Å². The van der Waals surface area contributed by atoms with E-state index in [0.717, 1.165) is 19.5 Å². The van der Waals surface area contributed by atoms with E-state index >= 15 is 0 Å². The minimum absolute atomic E-state index is 0.0363. The van der Waals surface area contributed by atoms with Gasteiger partial charge in [0.05, 0.1) is 0 Å². The lowest BCUT2D eigenvalue weighted by atomic mass is 9.83. The fourth-order valence-electron chi connectivity index (χ4n) is 2.48. The number of likely N-dealkylation sites (tertiary alicyclic amines) is 1. The molecule has 0 spiro atoms. The molecular weight excluding hydrogens is 205 g/mol. The van der Waals surface area contributed by atoms with E-state index in [0.29, 0.717) is 5.56 Å². The van der Waals surface area contributed by atoms with Gasteiger partial charge in [-0.2, -0.15) is 0 Å². The van der Waals surface area contributed by atoms with Gasteiger partial charge < -0.3 is 10.0 Å². The Morgan fingerprint density at radius 3 is 2.69 bits per heavy atom. The van der Waals surface area contributed by atoms with Crippen LogP contribution in [-0.4, -0.2) is 30.1 Å². The first-order valence-electron chi connectivity index (χ1n) is 5.67. The zero-order valence-corrected chi connectivity index (χ0v) is 9.78. The molecule has 16 heavy (non-hydrogen) atoms. The van der Waals surface area contributed by atoms with Gasteiger partial charge in [-0.3, -0.25) is 0 Å². The van der Waals surface area contributed by atoms with Crippen molar-refractivity contribution in [2.24, 2.45) is 5.92 Å². The Kier molecular flexibility index (Phi) is 2.89. The third-order valence-corrected chi connectivity index (χ3v) is 3.59. The van der Waals surface area contributed by atoms with Crippen molar-refractivity contribution in [3.05, 3.63) is 29.8 Å². The molecule has 1 aliphatic rings. The Labute approximate surface area is 95.7 Å². The van der Waals surface area contributed by atoms with Crippen molar-refractivity contribution in [2.75, 3.05) is 20.1 Å². The first-order valence-corrected chi connectivity index (χ1v) is 5.67. The van der Waals surface area contributed by atoms with E-state index in [-0.39, 0.29) is 11.7 Å². The van der Waals surface area contributed by atoms with Gasteiger partial charge in [-0.15, -0.1) is 0 Å². The molecule has 0 aliphatic carbocycles. The molecule has 2 unspecified atom stereocenters. The summed E-state index contributed by atoms with van der Waals surface area (Å²) in [4.78, 5) is 2.13.